The summed E-state index contributed by atoms with van der Waals surface area (Å²) < 4.78 is 41.2. The summed E-state index contributed by atoms with van der Waals surface area (Å²) in [6.07, 6.45) is 0.788. The van der Waals surface area contributed by atoms with Crippen LogP contribution < -0.4 is 0 Å². The van der Waals surface area contributed by atoms with Crippen LogP contribution in [0.5, 0.6) is 0 Å². The molecule has 16 heavy (non-hydrogen) atoms. The Balaban J connectivity index is 4.97. The van der Waals surface area contributed by atoms with E-state index in [1.54, 1.807) is 6.92 Å². The van der Waals surface area contributed by atoms with Crippen LogP contribution >= 0.6 is 29.7 Å². The predicted molar refractivity (Wildman–Crippen MR) is 69.4 cm³/mol. The van der Waals surface area contributed by atoms with E-state index in [4.69, 9.17) is 16.1 Å². The van der Waals surface area contributed by atoms with Gasteiger partial charge < -0.3 is 4.52 Å². The average molecular weight is 310 g/mol. The van der Waals surface area contributed by atoms with Crippen molar-refractivity contribution in [2.24, 2.45) is 0 Å². The molecule has 0 aromatic rings. The van der Waals surface area contributed by atoms with Gasteiger partial charge in [0, 0.05) is 12.8 Å². The van der Waals surface area contributed by atoms with Crippen LogP contribution in [-0.2, 0) is 19.1 Å². The lowest BCUT2D eigenvalue weighted by Crippen LogP contribution is -2.25. The predicted octanol–water partition coefficient (Wildman–Crippen LogP) is 2.73. The molecule has 98 valence electrons. The number of halogens is 1. The summed E-state index contributed by atoms with van der Waals surface area (Å²) in [4.78, 5) is 0. The third-order valence-corrected chi connectivity index (χ3v) is 10.0. The molecule has 0 aliphatic rings. The van der Waals surface area contributed by atoms with Gasteiger partial charge in [0.05, 0.1) is 6.61 Å². The van der Waals surface area contributed by atoms with Gasteiger partial charge in [-0.3, -0.25) is 4.57 Å². The molecular weight excluding hydrogens is 293 g/mol. The van der Waals surface area contributed by atoms with Gasteiger partial charge in [-0.15, -0.1) is 15.7 Å². The van der Waals surface area contributed by atoms with Crippen LogP contribution in [0.25, 0.3) is 0 Å². The van der Waals surface area contributed by atoms with E-state index in [1.165, 1.54) is 7.05 Å². The molecule has 0 rings (SSSR count). The summed E-state index contributed by atoms with van der Waals surface area (Å²) in [5.74, 6) is 0.569. The van der Waals surface area contributed by atoms with Crippen LogP contribution in [0.15, 0.2) is 0 Å². The lowest BCUT2D eigenvalue weighted by atomic mass is 10.6. The van der Waals surface area contributed by atoms with E-state index in [-0.39, 0.29) is 6.61 Å². The number of nitrogens with zero attached hydrogens (tertiary/aromatic N) is 1. The van der Waals surface area contributed by atoms with Crippen LogP contribution in [0.3, 0.4) is 0 Å². The Labute approximate surface area is 106 Å². The Morgan fingerprint density at radius 2 is 2.00 bits per heavy atom. The molecule has 0 aliphatic heterocycles. The van der Waals surface area contributed by atoms with E-state index in [2.05, 4.69) is 0 Å². The maximum Gasteiger partial charge on any atom is 0.342 e. The molecule has 0 spiro atoms. The highest BCUT2D eigenvalue weighted by atomic mass is 35.5. The molecule has 0 aromatic heterocycles. The van der Waals surface area contributed by atoms with Gasteiger partial charge in [0.2, 0.25) is 10.0 Å². The Morgan fingerprint density at radius 3 is 2.38 bits per heavy atom. The standard InChI is InChI=1S/C7H17ClNO4PS2/c1-4-6-15-14(10,13-5-2)9(3)16(11,12)7-8/h4-7H2,1-3H3. The van der Waals surface area contributed by atoms with Gasteiger partial charge in [0.15, 0.2) is 0 Å². The summed E-state index contributed by atoms with van der Waals surface area (Å²) in [6.45, 7) is 0.386. The van der Waals surface area contributed by atoms with E-state index in [9.17, 15) is 13.0 Å². The summed E-state index contributed by atoms with van der Waals surface area (Å²) >= 11 is 6.33. The molecule has 1 atom stereocenters. The molecular formula is C7H17ClNO4PS2. The van der Waals surface area contributed by atoms with E-state index in [1.807, 2.05) is 6.92 Å². The maximum absolute atomic E-state index is 12.3. The van der Waals surface area contributed by atoms with Gasteiger partial charge >= 0.3 is 6.72 Å². The summed E-state index contributed by atoms with van der Waals surface area (Å²) in [6, 6.07) is 0. The van der Waals surface area contributed by atoms with Crippen molar-refractivity contribution in [1.82, 2.24) is 4.08 Å². The number of hydrogen-bond acceptors (Lipinski definition) is 5. The molecule has 0 amide bonds. The van der Waals surface area contributed by atoms with Crippen molar-refractivity contribution < 1.29 is 17.5 Å². The minimum Gasteiger partial charge on any atom is -0.309 e. The minimum atomic E-state index is -3.72. The summed E-state index contributed by atoms with van der Waals surface area (Å²) in [7, 11) is -2.49. The average Bonchev–Trinajstić information content (AvgIpc) is 2.25. The topological polar surface area (TPSA) is 63.7 Å². The van der Waals surface area contributed by atoms with Gasteiger partial charge in [-0.25, -0.2) is 8.42 Å². The fraction of sp³-hybridized carbons (Fsp3) is 1.00. The first kappa shape index (κ1) is 16.7. The number of sulfonamides is 1. The van der Waals surface area contributed by atoms with Crippen molar-refractivity contribution in [2.45, 2.75) is 20.3 Å². The molecule has 5 nitrogen and oxygen atoms in total. The fourth-order valence-electron chi connectivity index (χ4n) is 0.793. The van der Waals surface area contributed by atoms with Crippen LogP contribution in [0.2, 0.25) is 0 Å². The maximum atomic E-state index is 12.3. The Bertz CT molecular complexity index is 348. The van der Waals surface area contributed by atoms with Gasteiger partial charge in [0.1, 0.15) is 5.21 Å². The van der Waals surface area contributed by atoms with Crippen molar-refractivity contribution in [2.75, 3.05) is 24.6 Å². The van der Waals surface area contributed by atoms with Gasteiger partial charge in [-0.1, -0.05) is 18.3 Å². The van der Waals surface area contributed by atoms with Crippen molar-refractivity contribution in [1.29, 1.82) is 0 Å². The third kappa shape index (κ3) is 4.55. The van der Waals surface area contributed by atoms with Crippen molar-refractivity contribution in [3.05, 3.63) is 0 Å². The zero-order valence-electron chi connectivity index (χ0n) is 9.55. The normalized spacial score (nSPS) is 16.3. The second kappa shape index (κ2) is 7.24. The quantitative estimate of drug-likeness (QED) is 0.509. The van der Waals surface area contributed by atoms with Gasteiger partial charge in [0.25, 0.3) is 0 Å². The van der Waals surface area contributed by atoms with Gasteiger partial charge in [-0.2, -0.15) is 0 Å². The SMILES string of the molecule is CCCSP(=O)(OCC)N(C)S(=O)(=O)CCl. The number of rotatable bonds is 8. The minimum absolute atomic E-state index is 0.191. The van der Waals surface area contributed by atoms with Crippen LogP contribution in [-0.4, -0.2) is 37.1 Å². The molecule has 0 N–H and O–H groups in total. The highest BCUT2D eigenvalue weighted by Crippen LogP contribution is 2.63. The lowest BCUT2D eigenvalue weighted by Gasteiger charge is -2.25. The zero-order valence-corrected chi connectivity index (χ0v) is 12.8. The molecule has 0 radical (unpaired) electrons. The molecule has 0 fully saturated rings. The smallest absolute Gasteiger partial charge is 0.309 e. The Morgan fingerprint density at radius 1 is 1.44 bits per heavy atom. The monoisotopic (exact) mass is 309 g/mol. The first-order valence-corrected chi connectivity index (χ1v) is 10.1. The fourth-order valence-corrected chi connectivity index (χ4v) is 7.86. The van der Waals surface area contributed by atoms with Crippen molar-refractivity contribution in [3.63, 3.8) is 0 Å². The summed E-state index contributed by atoms with van der Waals surface area (Å²) in [5, 5.41) is -0.604. The zero-order chi connectivity index (χ0) is 12.8. The van der Waals surface area contributed by atoms with E-state index in [0.717, 1.165) is 21.9 Å². The largest absolute Gasteiger partial charge is 0.342 e. The lowest BCUT2D eigenvalue weighted by molar-refractivity contribution is 0.325. The second-order valence-electron chi connectivity index (χ2n) is 2.87. The molecule has 0 aliphatic carbocycles. The Kier molecular flexibility index (Phi) is 7.57. The summed E-state index contributed by atoms with van der Waals surface area (Å²) in [5.41, 5.74) is 0. The highest BCUT2D eigenvalue weighted by molar-refractivity contribution is 8.56. The molecule has 1 unspecified atom stereocenters. The highest BCUT2D eigenvalue weighted by Gasteiger charge is 2.37. The number of alkyl halides is 1. The molecule has 0 aromatic carbocycles. The first-order chi connectivity index (χ1) is 7.34. The second-order valence-corrected chi connectivity index (χ2v) is 10.4. The molecule has 0 bridgehead atoms. The van der Waals surface area contributed by atoms with Crippen molar-refractivity contribution >= 4 is 39.7 Å². The third-order valence-electron chi connectivity index (χ3n) is 1.64. The van der Waals surface area contributed by atoms with E-state index >= 15 is 0 Å². The number of hydrogen-bond donors (Lipinski definition) is 0. The van der Waals surface area contributed by atoms with Crippen LogP contribution in [0.1, 0.15) is 20.3 Å². The first-order valence-electron chi connectivity index (χ1n) is 4.76. The van der Waals surface area contributed by atoms with Gasteiger partial charge in [-0.05, 0) is 13.3 Å². The molecule has 0 saturated carbocycles. The Hall–Kier alpha value is 0.740. The van der Waals surface area contributed by atoms with Crippen molar-refractivity contribution in [3.8, 4) is 0 Å². The molecule has 0 saturated heterocycles. The molecule has 0 heterocycles. The molecule has 9 heteroatoms. The van der Waals surface area contributed by atoms with E-state index in [0.29, 0.717) is 5.75 Å². The van der Waals surface area contributed by atoms with E-state index < -0.39 is 22.0 Å². The van der Waals surface area contributed by atoms with Crippen LogP contribution in [0, 0.1) is 0 Å². The van der Waals surface area contributed by atoms with Crippen LogP contribution in [0.4, 0.5) is 0 Å².